The van der Waals surface area contributed by atoms with Crippen molar-refractivity contribution in [3.05, 3.63) is 33.5 Å². The molecule has 8 heteroatoms. The van der Waals surface area contributed by atoms with Crippen LogP contribution in [0.1, 0.15) is 230 Å². The lowest BCUT2D eigenvalue weighted by molar-refractivity contribution is 0.587. The van der Waals surface area contributed by atoms with Gasteiger partial charge in [-0.1, -0.05) is 182 Å². The Bertz CT molecular complexity index is 1430. The van der Waals surface area contributed by atoms with E-state index in [0.29, 0.717) is 0 Å². The normalized spacial score (nSPS) is 11.7. The first kappa shape index (κ1) is 47.2. The van der Waals surface area contributed by atoms with Gasteiger partial charge in [-0.15, -0.1) is 45.3 Å². The van der Waals surface area contributed by atoms with Crippen molar-refractivity contribution in [2.24, 2.45) is 0 Å². The van der Waals surface area contributed by atoms with Crippen molar-refractivity contribution in [2.45, 2.75) is 233 Å². The van der Waals surface area contributed by atoms with Crippen molar-refractivity contribution in [2.75, 3.05) is 0 Å². The van der Waals surface area contributed by atoms with E-state index >= 15 is 0 Å². The molecule has 314 valence electrons. The van der Waals surface area contributed by atoms with Gasteiger partial charge in [-0.25, -0.2) is 19.9 Å². The molecule has 0 aliphatic heterocycles. The lowest BCUT2D eigenvalue weighted by Crippen LogP contribution is -1.92. The van der Waals surface area contributed by atoms with Gasteiger partial charge in [-0.3, -0.25) is 0 Å². The molecule has 0 aliphatic rings. The quantitative estimate of drug-likeness (QED) is 0.0433. The smallest absolute Gasteiger partial charge is 0.153 e. The zero-order valence-corrected chi connectivity index (χ0v) is 39.5. The number of nitrogens with zero attached hydrogens (tertiary/aromatic N) is 4. The highest BCUT2D eigenvalue weighted by Crippen LogP contribution is 2.43. The number of aryl methyl sites for hydroxylation is 4. The predicted molar refractivity (Wildman–Crippen MR) is 252 cm³/mol. The minimum Gasteiger partial charge on any atom is -0.240 e. The highest BCUT2D eigenvalue weighted by Gasteiger charge is 2.23. The van der Waals surface area contributed by atoms with E-state index < -0.39 is 0 Å². The zero-order valence-electron chi connectivity index (χ0n) is 36.2. The number of unbranched alkanes of at least 4 members (excludes halogenated alkanes) is 24. The van der Waals surface area contributed by atoms with E-state index in [-0.39, 0.29) is 0 Å². The lowest BCUT2D eigenvalue weighted by atomic mass is 10.1. The van der Waals surface area contributed by atoms with Crippen LogP contribution >= 0.6 is 45.3 Å². The fourth-order valence-corrected chi connectivity index (χ4v) is 11.8. The SMILES string of the molecule is CCCCCCCCCc1csc(-c2sc(-c3nc(CCCCCCCCC)c(-c4nc(CCCCCCCCC)cs4)s3)nc2CCCCCCCCC)n1. The molecule has 0 unspecified atom stereocenters. The fourth-order valence-electron chi connectivity index (χ4n) is 7.64. The lowest BCUT2D eigenvalue weighted by Gasteiger charge is -2.02. The molecule has 4 nitrogen and oxygen atoms in total. The minimum absolute atomic E-state index is 1.03. The molecule has 0 spiro atoms. The molecule has 0 fully saturated rings. The number of hydrogen-bond donors (Lipinski definition) is 0. The Hall–Kier alpha value is -1.48. The molecule has 0 bridgehead atoms. The molecular weight excluding hydrogens is 761 g/mol. The molecule has 0 saturated carbocycles. The maximum absolute atomic E-state index is 5.41. The number of aromatic nitrogens is 4. The van der Waals surface area contributed by atoms with Crippen molar-refractivity contribution >= 4 is 45.3 Å². The standard InChI is InChI=1S/C48H78N4S4/c1-5-9-13-17-21-25-29-33-39-37-53-45(49-39)43-41(35-31-27-23-19-15-11-7-3)51-47(55-43)48-52-42(36-32-28-24-20-16-12-8-4)44(56-48)46-50-40(38-54-46)34-30-26-22-18-14-10-6-2/h37-38H,5-36H2,1-4H3. The molecule has 0 N–H and O–H groups in total. The van der Waals surface area contributed by atoms with Crippen LogP contribution < -0.4 is 0 Å². The van der Waals surface area contributed by atoms with E-state index in [9.17, 15) is 0 Å². The highest BCUT2D eigenvalue weighted by atomic mass is 32.1. The van der Waals surface area contributed by atoms with E-state index in [1.165, 1.54) is 222 Å². The van der Waals surface area contributed by atoms with Gasteiger partial charge in [-0.2, -0.15) is 0 Å². The molecule has 0 aromatic carbocycles. The predicted octanol–water partition coefficient (Wildman–Crippen LogP) is 17.7. The van der Waals surface area contributed by atoms with Crippen LogP contribution in [0, 0.1) is 0 Å². The second-order valence-corrected chi connectivity index (χ2v) is 20.1. The minimum atomic E-state index is 1.03. The fraction of sp³-hybridized carbons (Fsp3) is 0.750. The van der Waals surface area contributed by atoms with E-state index in [1.807, 2.05) is 45.3 Å². The average Bonchev–Trinajstić information content (AvgIpc) is 4.03. The van der Waals surface area contributed by atoms with E-state index in [0.717, 1.165) is 35.7 Å². The first-order chi connectivity index (χ1) is 27.7. The van der Waals surface area contributed by atoms with Gasteiger partial charge in [0.2, 0.25) is 0 Å². The van der Waals surface area contributed by atoms with Crippen molar-refractivity contribution in [1.82, 2.24) is 19.9 Å². The van der Waals surface area contributed by atoms with Crippen LogP contribution in [-0.2, 0) is 25.7 Å². The summed E-state index contributed by atoms with van der Waals surface area (Å²) in [6, 6.07) is 0. The van der Waals surface area contributed by atoms with Crippen LogP contribution in [0.2, 0.25) is 0 Å². The third-order valence-electron chi connectivity index (χ3n) is 11.2. The molecule has 4 rings (SSSR count). The molecule has 0 atom stereocenters. The van der Waals surface area contributed by atoms with Crippen molar-refractivity contribution in [3.8, 4) is 29.8 Å². The molecule has 56 heavy (non-hydrogen) atoms. The molecule has 0 amide bonds. The van der Waals surface area contributed by atoms with Crippen LogP contribution in [0.5, 0.6) is 0 Å². The van der Waals surface area contributed by atoms with Crippen LogP contribution in [0.15, 0.2) is 10.8 Å². The Labute approximate surface area is 359 Å². The van der Waals surface area contributed by atoms with Gasteiger partial charge in [0.25, 0.3) is 0 Å². The van der Waals surface area contributed by atoms with Crippen molar-refractivity contribution in [3.63, 3.8) is 0 Å². The summed E-state index contributed by atoms with van der Waals surface area (Å²) in [4.78, 5) is 23.9. The summed E-state index contributed by atoms with van der Waals surface area (Å²) in [5.41, 5.74) is 5.01. The summed E-state index contributed by atoms with van der Waals surface area (Å²) < 4.78 is 0. The summed E-state index contributed by atoms with van der Waals surface area (Å²) in [5.74, 6) is 0. The highest BCUT2D eigenvalue weighted by molar-refractivity contribution is 7.27. The van der Waals surface area contributed by atoms with Gasteiger partial charge < -0.3 is 0 Å². The average molecular weight is 839 g/mol. The molecule has 0 aliphatic carbocycles. The second kappa shape index (κ2) is 29.7. The van der Waals surface area contributed by atoms with Gasteiger partial charge in [0.1, 0.15) is 10.0 Å². The Kier molecular flexibility index (Phi) is 25.0. The van der Waals surface area contributed by atoms with E-state index in [4.69, 9.17) is 19.9 Å². The van der Waals surface area contributed by atoms with Gasteiger partial charge in [0.05, 0.1) is 32.5 Å². The third-order valence-corrected chi connectivity index (χ3v) is 15.6. The summed E-state index contributed by atoms with van der Waals surface area (Å²) in [5, 5.41) is 9.13. The summed E-state index contributed by atoms with van der Waals surface area (Å²) in [7, 11) is 0. The molecular formula is C48H78N4S4. The summed E-state index contributed by atoms with van der Waals surface area (Å²) in [6.45, 7) is 9.20. The second-order valence-electron chi connectivity index (χ2n) is 16.4. The van der Waals surface area contributed by atoms with E-state index in [2.05, 4.69) is 38.5 Å². The van der Waals surface area contributed by atoms with Crippen LogP contribution in [-0.4, -0.2) is 19.9 Å². The third kappa shape index (κ3) is 17.8. The van der Waals surface area contributed by atoms with Gasteiger partial charge in [0.15, 0.2) is 10.0 Å². The Morgan fingerprint density at radius 2 is 0.607 bits per heavy atom. The Morgan fingerprint density at radius 3 is 0.929 bits per heavy atom. The monoisotopic (exact) mass is 839 g/mol. The summed E-state index contributed by atoms with van der Waals surface area (Å²) >= 11 is 7.34. The largest absolute Gasteiger partial charge is 0.240 e. The Morgan fingerprint density at radius 1 is 0.321 bits per heavy atom. The van der Waals surface area contributed by atoms with Crippen LogP contribution in [0.4, 0.5) is 0 Å². The maximum atomic E-state index is 5.41. The number of hydrogen-bond acceptors (Lipinski definition) is 8. The molecule has 0 saturated heterocycles. The van der Waals surface area contributed by atoms with Crippen LogP contribution in [0.3, 0.4) is 0 Å². The van der Waals surface area contributed by atoms with Crippen molar-refractivity contribution in [1.29, 1.82) is 0 Å². The molecule has 4 aromatic rings. The summed E-state index contributed by atoms with van der Waals surface area (Å²) in [6.07, 6.45) is 41.4. The first-order valence-electron chi connectivity index (χ1n) is 23.6. The molecule has 4 aromatic heterocycles. The Balaban J connectivity index is 1.50. The molecule has 0 radical (unpaired) electrons. The van der Waals surface area contributed by atoms with Gasteiger partial charge >= 0.3 is 0 Å². The topological polar surface area (TPSA) is 51.6 Å². The maximum Gasteiger partial charge on any atom is 0.153 e. The zero-order chi connectivity index (χ0) is 39.5. The number of thiazole rings is 4. The van der Waals surface area contributed by atoms with E-state index in [1.54, 1.807) is 0 Å². The van der Waals surface area contributed by atoms with Crippen molar-refractivity contribution < 1.29 is 0 Å². The molecule has 4 heterocycles. The number of rotatable bonds is 35. The first-order valence-corrected chi connectivity index (χ1v) is 26.9. The van der Waals surface area contributed by atoms with Gasteiger partial charge in [-0.05, 0) is 51.4 Å². The van der Waals surface area contributed by atoms with Crippen LogP contribution in [0.25, 0.3) is 29.8 Å². The van der Waals surface area contributed by atoms with Gasteiger partial charge in [0, 0.05) is 10.8 Å².